The van der Waals surface area contributed by atoms with Gasteiger partial charge in [-0.1, -0.05) is 23.7 Å². The first-order chi connectivity index (χ1) is 9.13. The minimum Gasteiger partial charge on any atom is -0.311 e. The van der Waals surface area contributed by atoms with Gasteiger partial charge in [-0.2, -0.15) is 0 Å². The first-order valence-corrected chi connectivity index (χ1v) is 7.73. The molecule has 0 spiro atoms. The Morgan fingerprint density at radius 2 is 2.26 bits per heavy atom. The molecule has 2 heterocycles. The van der Waals surface area contributed by atoms with Crippen molar-refractivity contribution in [3.8, 4) is 0 Å². The second-order valence-electron chi connectivity index (χ2n) is 6.21. The van der Waals surface area contributed by atoms with E-state index in [9.17, 15) is 0 Å². The van der Waals surface area contributed by atoms with Gasteiger partial charge in [0.2, 0.25) is 0 Å². The molecule has 3 heteroatoms. The van der Waals surface area contributed by atoms with E-state index in [1.807, 2.05) is 12.1 Å². The fourth-order valence-electron chi connectivity index (χ4n) is 3.69. The quantitative estimate of drug-likeness (QED) is 0.907. The van der Waals surface area contributed by atoms with Crippen molar-refractivity contribution >= 4 is 11.6 Å². The van der Waals surface area contributed by atoms with Crippen LogP contribution in [-0.4, -0.2) is 30.6 Å². The lowest BCUT2D eigenvalue weighted by Gasteiger charge is -2.30. The fourth-order valence-corrected chi connectivity index (χ4v) is 3.89. The van der Waals surface area contributed by atoms with Crippen LogP contribution in [0.4, 0.5) is 0 Å². The molecule has 104 valence electrons. The van der Waals surface area contributed by atoms with Crippen LogP contribution in [0.15, 0.2) is 24.3 Å². The molecule has 2 nitrogen and oxygen atoms in total. The molecule has 2 saturated heterocycles. The number of fused-ring (bicyclic) bond motifs is 2. The van der Waals surface area contributed by atoms with Gasteiger partial charge in [-0.3, -0.25) is 4.90 Å². The highest BCUT2D eigenvalue weighted by atomic mass is 35.5. The monoisotopic (exact) mass is 278 g/mol. The second-order valence-corrected chi connectivity index (χ2v) is 6.65. The van der Waals surface area contributed by atoms with E-state index in [0.717, 1.165) is 23.0 Å². The molecule has 4 atom stereocenters. The van der Waals surface area contributed by atoms with Crippen LogP contribution in [0, 0.1) is 5.92 Å². The summed E-state index contributed by atoms with van der Waals surface area (Å²) in [7, 11) is 2.23. The molecule has 1 aromatic carbocycles. The number of halogens is 1. The summed E-state index contributed by atoms with van der Waals surface area (Å²) in [6.07, 6.45) is 4.11. The fraction of sp³-hybridized carbons (Fsp3) is 0.625. The van der Waals surface area contributed by atoms with Crippen molar-refractivity contribution in [2.45, 2.75) is 44.3 Å². The van der Waals surface area contributed by atoms with E-state index >= 15 is 0 Å². The highest BCUT2D eigenvalue weighted by Gasteiger charge is 2.39. The third-order valence-corrected chi connectivity index (χ3v) is 5.18. The van der Waals surface area contributed by atoms with Crippen molar-refractivity contribution < 1.29 is 0 Å². The Hall–Kier alpha value is -0.570. The van der Waals surface area contributed by atoms with Crippen molar-refractivity contribution in [3.63, 3.8) is 0 Å². The molecule has 2 bridgehead atoms. The minimum absolute atomic E-state index is 0.429. The van der Waals surface area contributed by atoms with Crippen molar-refractivity contribution in [2.24, 2.45) is 5.92 Å². The number of rotatable bonds is 4. The first kappa shape index (κ1) is 13.4. The van der Waals surface area contributed by atoms with Crippen LogP contribution >= 0.6 is 11.6 Å². The van der Waals surface area contributed by atoms with Gasteiger partial charge in [-0.05, 0) is 56.8 Å². The Morgan fingerprint density at radius 1 is 1.42 bits per heavy atom. The number of nitrogens with zero attached hydrogens (tertiary/aromatic N) is 1. The van der Waals surface area contributed by atoms with Gasteiger partial charge in [-0.25, -0.2) is 0 Å². The highest BCUT2D eigenvalue weighted by molar-refractivity contribution is 6.30. The van der Waals surface area contributed by atoms with Gasteiger partial charge in [0.05, 0.1) is 0 Å². The van der Waals surface area contributed by atoms with E-state index in [0.29, 0.717) is 6.04 Å². The normalized spacial score (nSPS) is 31.1. The third kappa shape index (κ3) is 2.81. The molecule has 3 rings (SSSR count). The summed E-state index contributed by atoms with van der Waals surface area (Å²) < 4.78 is 0. The molecule has 0 saturated carbocycles. The summed E-state index contributed by atoms with van der Waals surface area (Å²) in [6.45, 7) is 3.45. The minimum atomic E-state index is 0.429. The zero-order valence-electron chi connectivity index (χ0n) is 11.8. The second kappa shape index (κ2) is 5.43. The van der Waals surface area contributed by atoms with Crippen molar-refractivity contribution in [2.75, 3.05) is 13.6 Å². The topological polar surface area (TPSA) is 15.3 Å². The maximum atomic E-state index is 6.09. The van der Waals surface area contributed by atoms with Crippen LogP contribution in [0.25, 0.3) is 0 Å². The molecule has 2 aliphatic rings. The zero-order valence-corrected chi connectivity index (χ0v) is 12.5. The summed E-state index contributed by atoms with van der Waals surface area (Å²) in [5, 5.41) is 4.56. The molecule has 1 N–H and O–H groups in total. The molecular weight excluding hydrogens is 256 g/mol. The van der Waals surface area contributed by atoms with Crippen molar-refractivity contribution in [1.82, 2.24) is 10.2 Å². The van der Waals surface area contributed by atoms with Gasteiger partial charge in [0.25, 0.3) is 0 Å². The number of hydrogen-bond donors (Lipinski definition) is 1. The average Bonchev–Trinajstić information content (AvgIpc) is 3.00. The summed E-state index contributed by atoms with van der Waals surface area (Å²) >= 11 is 6.09. The predicted molar refractivity (Wildman–Crippen MR) is 80.5 cm³/mol. The maximum Gasteiger partial charge on any atom is 0.0409 e. The van der Waals surface area contributed by atoms with E-state index in [2.05, 4.69) is 36.3 Å². The molecule has 4 unspecified atom stereocenters. The van der Waals surface area contributed by atoms with Crippen molar-refractivity contribution in [1.29, 1.82) is 0 Å². The lowest BCUT2D eigenvalue weighted by Crippen LogP contribution is -2.34. The van der Waals surface area contributed by atoms with E-state index in [1.165, 1.54) is 31.4 Å². The van der Waals surface area contributed by atoms with E-state index in [1.54, 1.807) is 0 Å². The van der Waals surface area contributed by atoms with E-state index < -0.39 is 0 Å². The maximum absolute atomic E-state index is 6.09. The lowest BCUT2D eigenvalue weighted by molar-refractivity contribution is 0.202. The standard InChI is InChI=1S/C16H23ClN2/c1-11(12-4-3-5-14(17)8-12)19(2)10-13-9-15-6-7-16(13)18-15/h3-5,8,11,13,15-16,18H,6-7,9-10H2,1-2H3. The predicted octanol–water partition coefficient (Wildman–Crippen LogP) is 3.47. The summed E-state index contributed by atoms with van der Waals surface area (Å²) in [5.41, 5.74) is 1.31. The molecular formula is C16H23ClN2. The van der Waals surface area contributed by atoms with Gasteiger partial charge in [0, 0.05) is 29.7 Å². The Bertz CT molecular complexity index is 448. The molecule has 2 aliphatic heterocycles. The molecule has 2 fully saturated rings. The smallest absolute Gasteiger partial charge is 0.0409 e. The lowest BCUT2D eigenvalue weighted by atomic mass is 9.88. The highest BCUT2D eigenvalue weighted by Crippen LogP contribution is 2.34. The van der Waals surface area contributed by atoms with Gasteiger partial charge < -0.3 is 5.32 Å². The first-order valence-electron chi connectivity index (χ1n) is 7.35. The third-order valence-electron chi connectivity index (χ3n) is 4.95. The van der Waals surface area contributed by atoms with Gasteiger partial charge in [0.1, 0.15) is 0 Å². The Labute approximate surface area is 121 Å². The Kier molecular flexibility index (Phi) is 3.84. The van der Waals surface area contributed by atoms with Gasteiger partial charge in [-0.15, -0.1) is 0 Å². The molecule has 0 radical (unpaired) electrons. The van der Waals surface area contributed by atoms with Crippen LogP contribution < -0.4 is 5.32 Å². The number of hydrogen-bond acceptors (Lipinski definition) is 2. The zero-order chi connectivity index (χ0) is 13.4. The van der Waals surface area contributed by atoms with E-state index in [-0.39, 0.29) is 0 Å². The number of benzene rings is 1. The SMILES string of the molecule is CC(c1cccc(Cl)c1)N(C)CC1CC2CCC1N2. The van der Waals surface area contributed by atoms with Gasteiger partial charge in [0.15, 0.2) is 0 Å². The summed E-state index contributed by atoms with van der Waals surface area (Å²) in [5.74, 6) is 0.824. The van der Waals surface area contributed by atoms with E-state index in [4.69, 9.17) is 11.6 Å². The molecule has 0 amide bonds. The number of nitrogens with one attached hydrogen (secondary N) is 1. The van der Waals surface area contributed by atoms with Crippen LogP contribution in [0.1, 0.15) is 37.8 Å². The largest absolute Gasteiger partial charge is 0.311 e. The van der Waals surface area contributed by atoms with Crippen LogP contribution in [0.5, 0.6) is 0 Å². The molecule has 1 aromatic rings. The Balaban J connectivity index is 1.62. The van der Waals surface area contributed by atoms with Crippen LogP contribution in [-0.2, 0) is 0 Å². The van der Waals surface area contributed by atoms with Crippen molar-refractivity contribution in [3.05, 3.63) is 34.9 Å². The summed E-state index contributed by atoms with van der Waals surface area (Å²) in [4.78, 5) is 2.47. The van der Waals surface area contributed by atoms with Gasteiger partial charge >= 0.3 is 0 Å². The Morgan fingerprint density at radius 3 is 2.89 bits per heavy atom. The molecule has 0 aliphatic carbocycles. The molecule has 0 aromatic heterocycles. The molecule has 19 heavy (non-hydrogen) atoms. The van der Waals surface area contributed by atoms with Crippen LogP contribution in [0.3, 0.4) is 0 Å². The van der Waals surface area contributed by atoms with Crippen LogP contribution in [0.2, 0.25) is 5.02 Å². The summed E-state index contributed by atoms with van der Waals surface area (Å²) in [6, 6.07) is 10.2. The average molecular weight is 279 g/mol.